The maximum atomic E-state index is 9.13. The van der Waals surface area contributed by atoms with Gasteiger partial charge in [-0.05, 0) is 73.3 Å². The highest BCUT2D eigenvalue weighted by Crippen LogP contribution is 2.37. The van der Waals surface area contributed by atoms with Gasteiger partial charge in [0.1, 0.15) is 5.58 Å². The number of benzene rings is 2. The molecule has 0 saturated heterocycles. The topological polar surface area (TPSA) is 38.9 Å². The molecule has 5 rings (SSSR count). The van der Waals surface area contributed by atoms with Gasteiger partial charge in [-0.2, -0.15) is 0 Å². The zero-order chi connectivity index (χ0) is 31.8. The Morgan fingerprint density at radius 2 is 1.84 bits per heavy atom. The average Bonchev–Trinajstić information content (AvgIpc) is 3.29. The first kappa shape index (κ1) is 11.4. The molecule has 0 saturated carbocycles. The number of hydrogen-bond donors (Lipinski definition) is 0. The van der Waals surface area contributed by atoms with Crippen molar-refractivity contribution >= 4 is 22.1 Å². The number of para-hydroxylation sites is 1. The number of fused-ring (bicyclic) bond motifs is 3. The van der Waals surface area contributed by atoms with E-state index in [1.807, 2.05) is 0 Å². The maximum absolute atomic E-state index is 9.13. The fourth-order valence-electron chi connectivity index (χ4n) is 3.98. The molecule has 3 aromatic heterocycles. The minimum Gasteiger partial charge on any atom is -0.437 e. The zero-order valence-corrected chi connectivity index (χ0v) is 17.7. The van der Waals surface area contributed by atoms with E-state index in [1.54, 1.807) is 44.2 Å². The van der Waals surface area contributed by atoms with Gasteiger partial charge in [0, 0.05) is 43.3 Å². The monoisotopic (exact) mass is 431 g/mol. The highest BCUT2D eigenvalue weighted by Gasteiger charge is 2.25. The second kappa shape index (κ2) is 7.59. The third-order valence-corrected chi connectivity index (χ3v) is 5.56. The van der Waals surface area contributed by atoms with Gasteiger partial charge in [0.2, 0.25) is 5.71 Å². The van der Waals surface area contributed by atoms with Gasteiger partial charge in [-0.3, -0.25) is 4.98 Å². The first-order valence-electron chi connectivity index (χ1n) is 15.7. The van der Waals surface area contributed by atoms with E-state index in [2.05, 4.69) is 9.97 Å². The zero-order valence-electron chi connectivity index (χ0n) is 28.7. The molecule has 0 aliphatic carbocycles. The second-order valence-corrected chi connectivity index (χ2v) is 8.28. The Morgan fingerprint density at radius 1 is 0.969 bits per heavy atom. The lowest BCUT2D eigenvalue weighted by Crippen LogP contribution is -2.22. The predicted octanol–water partition coefficient (Wildman–Crippen LogP) is 7.49. The lowest BCUT2D eigenvalue weighted by molar-refractivity contribution is 0.518. The summed E-state index contributed by atoms with van der Waals surface area (Å²) in [5, 5.41) is 1.26. The summed E-state index contributed by atoms with van der Waals surface area (Å²) in [6.07, 6.45) is -0.917. The van der Waals surface area contributed by atoms with E-state index in [1.165, 1.54) is 36.5 Å². The van der Waals surface area contributed by atoms with E-state index in [4.69, 9.17) is 19.5 Å². The van der Waals surface area contributed by atoms with Crippen LogP contribution in [-0.4, -0.2) is 9.97 Å². The first-order chi connectivity index (χ1) is 19.7. The first-order valence-corrected chi connectivity index (χ1v) is 10.2. The second-order valence-electron chi connectivity index (χ2n) is 8.28. The van der Waals surface area contributed by atoms with Crippen molar-refractivity contribution in [2.24, 2.45) is 0 Å². The molecule has 0 unspecified atom stereocenters. The Balaban J connectivity index is 1.69. The summed E-state index contributed by atoms with van der Waals surface area (Å²) in [7, 11) is 0. The number of aryl methyl sites for hydroxylation is 3. The Kier molecular flexibility index (Phi) is 2.71. The predicted molar refractivity (Wildman–Crippen MR) is 132 cm³/mol. The fourth-order valence-corrected chi connectivity index (χ4v) is 3.98. The smallest absolute Gasteiger partial charge is 0.227 e. The van der Waals surface area contributed by atoms with Crippen LogP contribution in [0.1, 0.15) is 56.9 Å². The van der Waals surface area contributed by atoms with E-state index in [0.29, 0.717) is 27.6 Å². The largest absolute Gasteiger partial charge is 0.437 e. The quantitative estimate of drug-likeness (QED) is 0.296. The number of nitrogens with zero attached hydrogens (tertiary/aromatic N) is 2. The summed E-state index contributed by atoms with van der Waals surface area (Å²) in [5.41, 5.74) is 0.0969. The molecule has 3 nitrogen and oxygen atoms in total. The molecular formula is C29H28N2O. The molecule has 0 spiro atoms. The van der Waals surface area contributed by atoms with Crippen LogP contribution < -0.4 is 0 Å². The number of rotatable bonds is 4. The molecular weight excluding hydrogens is 392 g/mol. The van der Waals surface area contributed by atoms with Crippen molar-refractivity contribution < 1.29 is 19.5 Å². The number of furan rings is 1. The summed E-state index contributed by atoms with van der Waals surface area (Å²) >= 11 is 0. The normalized spacial score (nSPS) is 18.8. The molecule has 2 aromatic carbocycles. The van der Waals surface area contributed by atoms with Crippen LogP contribution >= 0.6 is 0 Å². The maximum Gasteiger partial charge on any atom is 0.227 e. The summed E-state index contributed by atoms with van der Waals surface area (Å²) < 4.78 is 94.8. The molecule has 0 aliphatic rings. The third-order valence-electron chi connectivity index (χ3n) is 5.56. The Labute approximate surface area is 204 Å². The van der Waals surface area contributed by atoms with Crippen molar-refractivity contribution in [1.82, 2.24) is 9.97 Å². The van der Waals surface area contributed by atoms with Crippen LogP contribution in [0.2, 0.25) is 0 Å². The van der Waals surface area contributed by atoms with Crippen molar-refractivity contribution in [3.63, 3.8) is 0 Å². The van der Waals surface area contributed by atoms with E-state index in [0.717, 1.165) is 0 Å². The molecule has 3 heteroatoms. The molecule has 0 bridgehead atoms. The standard InChI is InChI=1S/C29H28N2O/c1-18-9-12-21(13-10-18)16-29(4,5)25-15-26(30-17-19(25)2)24-8-6-7-22-23-14-11-20(3)31-28(23)32-27(22)24/h6-15,17H,16H2,1-5H3/i1D3,2D3,3D3,16D2. The number of pyridine rings is 2. The van der Waals surface area contributed by atoms with E-state index in [9.17, 15) is 0 Å². The van der Waals surface area contributed by atoms with Gasteiger partial charge >= 0.3 is 0 Å². The van der Waals surface area contributed by atoms with E-state index < -0.39 is 32.3 Å². The van der Waals surface area contributed by atoms with Crippen molar-refractivity contribution in [3.8, 4) is 11.3 Å². The van der Waals surface area contributed by atoms with Crippen LogP contribution in [0.5, 0.6) is 0 Å². The van der Waals surface area contributed by atoms with Crippen molar-refractivity contribution in [2.75, 3.05) is 0 Å². The molecule has 0 aliphatic heterocycles. The highest BCUT2D eigenvalue weighted by atomic mass is 16.3. The Hall–Kier alpha value is -3.46. The van der Waals surface area contributed by atoms with Gasteiger partial charge in [-0.15, -0.1) is 0 Å². The van der Waals surface area contributed by atoms with Gasteiger partial charge in [-0.25, -0.2) is 4.98 Å². The van der Waals surface area contributed by atoms with Crippen LogP contribution in [0.3, 0.4) is 0 Å². The van der Waals surface area contributed by atoms with Crippen LogP contribution in [0.15, 0.2) is 71.3 Å². The molecule has 32 heavy (non-hydrogen) atoms. The summed E-state index contributed by atoms with van der Waals surface area (Å²) in [6.45, 7) is -4.19. The van der Waals surface area contributed by atoms with Gasteiger partial charge in [0.05, 0.1) is 5.69 Å². The fraction of sp³-hybridized carbons (Fsp3) is 0.241. The average molecular weight is 432 g/mol. The van der Waals surface area contributed by atoms with Gasteiger partial charge in [0.15, 0.2) is 0 Å². The SMILES string of the molecule is [2H]C([2H])([2H])c1ccc(C([2H])([2H])C(C)(C)c2cc(-c3cccc4c3oc3nc(C([2H])([2H])[2H])ccc34)ncc2C([2H])([2H])[2H])cc1. The van der Waals surface area contributed by atoms with Crippen molar-refractivity contribution in [2.45, 2.75) is 46.2 Å². The molecule has 5 aromatic rings. The molecule has 0 radical (unpaired) electrons. The molecule has 0 atom stereocenters. The van der Waals surface area contributed by atoms with Crippen molar-refractivity contribution in [3.05, 3.63) is 94.8 Å². The van der Waals surface area contributed by atoms with Crippen molar-refractivity contribution in [1.29, 1.82) is 0 Å². The molecule has 0 N–H and O–H groups in total. The van der Waals surface area contributed by atoms with Crippen LogP contribution in [-0.2, 0) is 11.8 Å². The van der Waals surface area contributed by atoms with Gasteiger partial charge in [0.25, 0.3) is 0 Å². The van der Waals surface area contributed by atoms with Crippen LogP contribution in [0, 0.1) is 20.6 Å². The number of hydrogen-bond acceptors (Lipinski definition) is 3. The highest BCUT2D eigenvalue weighted by molar-refractivity contribution is 6.08. The van der Waals surface area contributed by atoms with E-state index >= 15 is 0 Å². The lowest BCUT2D eigenvalue weighted by Gasteiger charge is -2.28. The minimum absolute atomic E-state index is 0.0682. The molecule has 0 fully saturated rings. The molecule has 160 valence electrons. The van der Waals surface area contributed by atoms with Gasteiger partial charge in [-0.1, -0.05) is 55.8 Å². The third kappa shape index (κ3) is 3.58. The molecule has 3 heterocycles. The lowest BCUT2D eigenvalue weighted by atomic mass is 9.77. The van der Waals surface area contributed by atoms with Gasteiger partial charge < -0.3 is 4.42 Å². The van der Waals surface area contributed by atoms with Crippen LogP contribution in [0.25, 0.3) is 33.3 Å². The van der Waals surface area contributed by atoms with E-state index in [-0.39, 0.29) is 33.7 Å². The summed E-state index contributed by atoms with van der Waals surface area (Å²) in [5.74, 6) is 0. The summed E-state index contributed by atoms with van der Waals surface area (Å²) in [4.78, 5) is 8.64. The Bertz CT molecular complexity index is 1830. The summed E-state index contributed by atoms with van der Waals surface area (Å²) in [6, 6.07) is 15.4. The Morgan fingerprint density at radius 3 is 2.62 bits per heavy atom. The minimum atomic E-state index is -2.61. The van der Waals surface area contributed by atoms with Crippen LogP contribution in [0.4, 0.5) is 0 Å². The number of aromatic nitrogens is 2. The molecule has 0 amide bonds.